The molecule has 0 N–H and O–H groups in total. The Kier molecular flexibility index (Phi) is 5.49. The summed E-state index contributed by atoms with van der Waals surface area (Å²) in [6.07, 6.45) is 3.44. The molecule has 3 rings (SSSR count). The number of hydrogen-bond donors (Lipinski definition) is 0. The highest BCUT2D eigenvalue weighted by atomic mass is 32.2. The molecule has 0 aliphatic carbocycles. The summed E-state index contributed by atoms with van der Waals surface area (Å²) < 4.78 is 33.2. The molecule has 1 aliphatic heterocycles. The van der Waals surface area contributed by atoms with E-state index < -0.39 is 10.0 Å². The van der Waals surface area contributed by atoms with Gasteiger partial charge >= 0.3 is 0 Å². The lowest BCUT2D eigenvalue weighted by Gasteiger charge is -2.34. The normalized spacial score (nSPS) is 18.4. The Morgan fingerprint density at radius 3 is 2.31 bits per heavy atom. The third kappa shape index (κ3) is 4.00. The van der Waals surface area contributed by atoms with Gasteiger partial charge in [-0.25, -0.2) is 8.42 Å². The molecule has 138 valence electrons. The average Bonchev–Trinajstić information content (AvgIpc) is 2.62. The van der Waals surface area contributed by atoms with Crippen LogP contribution in [0.15, 0.2) is 65.1 Å². The van der Waals surface area contributed by atoms with Crippen LogP contribution in [0.25, 0.3) is 0 Å². The molecule has 0 aromatic heterocycles. The minimum atomic E-state index is -3.52. The predicted octanol–water partition coefficient (Wildman–Crippen LogP) is 3.96. The Morgan fingerprint density at radius 1 is 1.04 bits per heavy atom. The van der Waals surface area contributed by atoms with Crippen LogP contribution in [0.4, 0.5) is 0 Å². The van der Waals surface area contributed by atoms with Crippen molar-refractivity contribution in [1.82, 2.24) is 4.31 Å². The summed E-state index contributed by atoms with van der Waals surface area (Å²) >= 11 is 0. The molecule has 4 nitrogen and oxygen atoms in total. The van der Waals surface area contributed by atoms with Gasteiger partial charge in [-0.15, -0.1) is 0 Å². The first kappa shape index (κ1) is 18.7. The van der Waals surface area contributed by atoms with Gasteiger partial charge in [0.1, 0.15) is 5.75 Å². The van der Waals surface area contributed by atoms with E-state index in [4.69, 9.17) is 4.74 Å². The molecule has 26 heavy (non-hydrogen) atoms. The van der Waals surface area contributed by atoms with Crippen molar-refractivity contribution >= 4 is 10.0 Å². The second-order valence-electron chi connectivity index (χ2n) is 6.85. The van der Waals surface area contributed by atoms with Gasteiger partial charge in [0.2, 0.25) is 10.0 Å². The summed E-state index contributed by atoms with van der Waals surface area (Å²) in [7, 11) is -1.88. The number of benzene rings is 2. The Hall–Kier alpha value is -2.11. The third-order valence-electron chi connectivity index (χ3n) is 4.84. The number of rotatable bonds is 5. The number of sulfonamides is 1. The van der Waals surface area contributed by atoms with Gasteiger partial charge < -0.3 is 4.74 Å². The van der Waals surface area contributed by atoms with E-state index in [2.05, 4.69) is 6.92 Å². The molecular weight excluding hydrogens is 346 g/mol. The quantitative estimate of drug-likeness (QED) is 0.748. The van der Waals surface area contributed by atoms with E-state index in [1.54, 1.807) is 23.5 Å². The number of aryl methyl sites for hydroxylation is 1. The van der Waals surface area contributed by atoms with Crippen LogP contribution in [0, 0.1) is 6.92 Å². The van der Waals surface area contributed by atoms with E-state index in [-0.39, 0.29) is 6.04 Å². The van der Waals surface area contributed by atoms with Crippen LogP contribution in [0.3, 0.4) is 0 Å². The van der Waals surface area contributed by atoms with Gasteiger partial charge in [0.25, 0.3) is 0 Å². The molecule has 0 fully saturated rings. The van der Waals surface area contributed by atoms with Gasteiger partial charge in [0, 0.05) is 12.6 Å². The zero-order chi connectivity index (χ0) is 18.7. The molecule has 0 saturated heterocycles. The molecule has 0 saturated carbocycles. The van der Waals surface area contributed by atoms with Crippen LogP contribution in [0.5, 0.6) is 5.75 Å². The molecular formula is C21H25NO3S. The zero-order valence-corrected chi connectivity index (χ0v) is 16.3. The van der Waals surface area contributed by atoms with Gasteiger partial charge in [-0.1, -0.05) is 41.5 Å². The lowest BCUT2D eigenvalue weighted by atomic mass is 9.97. The highest BCUT2D eigenvalue weighted by Gasteiger charge is 2.33. The summed E-state index contributed by atoms with van der Waals surface area (Å²) in [5.74, 6) is 0.803. The average molecular weight is 372 g/mol. The highest BCUT2D eigenvalue weighted by molar-refractivity contribution is 7.89. The smallest absolute Gasteiger partial charge is 0.243 e. The van der Waals surface area contributed by atoms with Crippen LogP contribution in [0.1, 0.15) is 24.5 Å². The number of hydrogen-bond acceptors (Lipinski definition) is 3. The van der Waals surface area contributed by atoms with Crippen LogP contribution in [-0.2, 0) is 16.4 Å². The molecule has 1 unspecified atom stereocenters. The first-order chi connectivity index (χ1) is 12.4. The van der Waals surface area contributed by atoms with E-state index >= 15 is 0 Å². The maximum atomic E-state index is 13.2. The molecule has 5 heteroatoms. The van der Waals surface area contributed by atoms with Gasteiger partial charge in [0.15, 0.2) is 0 Å². The van der Waals surface area contributed by atoms with Gasteiger partial charge in [0.05, 0.1) is 12.0 Å². The minimum Gasteiger partial charge on any atom is -0.497 e. The second kappa shape index (κ2) is 7.64. The second-order valence-corrected chi connectivity index (χ2v) is 8.74. The van der Waals surface area contributed by atoms with Crippen LogP contribution < -0.4 is 4.74 Å². The van der Waals surface area contributed by atoms with E-state index in [0.29, 0.717) is 17.9 Å². The molecule has 0 spiro atoms. The first-order valence-electron chi connectivity index (χ1n) is 8.77. The Morgan fingerprint density at radius 2 is 1.69 bits per heavy atom. The molecule has 0 radical (unpaired) electrons. The first-order valence-corrected chi connectivity index (χ1v) is 10.2. The fourth-order valence-corrected chi connectivity index (χ4v) is 4.86. The lowest BCUT2D eigenvalue weighted by molar-refractivity contribution is 0.323. The molecule has 2 aromatic carbocycles. The Labute approximate surface area is 156 Å². The lowest BCUT2D eigenvalue weighted by Crippen LogP contribution is -2.44. The zero-order valence-electron chi connectivity index (χ0n) is 15.5. The highest BCUT2D eigenvalue weighted by Crippen LogP contribution is 2.28. The molecule has 1 aliphatic rings. The van der Waals surface area contributed by atoms with Crippen molar-refractivity contribution in [3.8, 4) is 5.75 Å². The van der Waals surface area contributed by atoms with E-state index in [0.717, 1.165) is 23.3 Å². The Balaban J connectivity index is 1.88. The fraction of sp³-hybridized carbons (Fsp3) is 0.333. The van der Waals surface area contributed by atoms with Crippen molar-refractivity contribution in [2.24, 2.45) is 0 Å². The summed E-state index contributed by atoms with van der Waals surface area (Å²) in [6, 6.07) is 14.8. The van der Waals surface area contributed by atoms with Crippen molar-refractivity contribution in [3.63, 3.8) is 0 Å². The van der Waals surface area contributed by atoms with Crippen LogP contribution in [0.2, 0.25) is 0 Å². The fourth-order valence-electron chi connectivity index (χ4n) is 3.30. The van der Waals surface area contributed by atoms with Crippen molar-refractivity contribution in [1.29, 1.82) is 0 Å². The summed E-state index contributed by atoms with van der Waals surface area (Å²) in [4.78, 5) is 0.357. The van der Waals surface area contributed by atoms with Crippen molar-refractivity contribution < 1.29 is 13.2 Å². The van der Waals surface area contributed by atoms with Crippen molar-refractivity contribution in [2.75, 3.05) is 13.7 Å². The maximum absolute atomic E-state index is 13.2. The van der Waals surface area contributed by atoms with Gasteiger partial charge in [-0.3, -0.25) is 0 Å². The monoisotopic (exact) mass is 371 g/mol. The van der Waals surface area contributed by atoms with Crippen molar-refractivity contribution in [2.45, 2.75) is 37.6 Å². The largest absolute Gasteiger partial charge is 0.497 e. The standard InChI is InChI=1S/C21H25NO3S/c1-16-4-10-21(11-5-16)26(23,24)22-13-12-17(2)14-19(22)15-18-6-8-20(25-3)9-7-18/h4-12,19H,13-15H2,1-3H3. The molecule has 0 amide bonds. The predicted molar refractivity (Wildman–Crippen MR) is 104 cm³/mol. The summed E-state index contributed by atoms with van der Waals surface area (Å²) in [5.41, 5.74) is 3.39. The van der Waals surface area contributed by atoms with Gasteiger partial charge in [-0.2, -0.15) is 4.31 Å². The molecule has 1 heterocycles. The minimum absolute atomic E-state index is 0.0836. The molecule has 0 bridgehead atoms. The molecule has 1 atom stereocenters. The van der Waals surface area contributed by atoms with E-state index in [9.17, 15) is 8.42 Å². The number of nitrogens with zero attached hydrogens (tertiary/aromatic N) is 1. The summed E-state index contributed by atoms with van der Waals surface area (Å²) in [5, 5.41) is 0. The number of ether oxygens (including phenoxy) is 1. The topological polar surface area (TPSA) is 46.6 Å². The van der Waals surface area contributed by atoms with E-state index in [1.807, 2.05) is 49.4 Å². The van der Waals surface area contributed by atoms with Crippen LogP contribution in [-0.4, -0.2) is 32.4 Å². The maximum Gasteiger partial charge on any atom is 0.243 e. The summed E-state index contributed by atoms with van der Waals surface area (Å²) in [6.45, 7) is 4.44. The van der Waals surface area contributed by atoms with E-state index in [1.165, 1.54) is 5.57 Å². The SMILES string of the molecule is COc1ccc(CC2CC(C)=CCN2S(=O)(=O)c2ccc(C)cc2)cc1. The number of methoxy groups -OCH3 is 1. The van der Waals surface area contributed by atoms with Crippen molar-refractivity contribution in [3.05, 3.63) is 71.3 Å². The third-order valence-corrected chi connectivity index (χ3v) is 6.78. The Bertz CT molecular complexity index is 884. The molecule has 2 aromatic rings. The van der Waals surface area contributed by atoms with Gasteiger partial charge in [-0.05, 0) is 56.5 Å². The van der Waals surface area contributed by atoms with Crippen LogP contribution >= 0.6 is 0 Å².